The van der Waals surface area contributed by atoms with Gasteiger partial charge < -0.3 is 0 Å². The number of nitrogens with one attached hydrogen (secondary N) is 1. The molecule has 1 rings (SSSR count). The number of rotatable bonds is 7. The molecule has 1 N–H and O–H groups in total. The molecule has 1 aromatic carbocycles. The molecule has 0 aliphatic rings. The topological polar surface area (TPSA) is 46.2 Å². The van der Waals surface area contributed by atoms with Gasteiger partial charge in [0.2, 0.25) is 10.0 Å². The highest BCUT2D eigenvalue weighted by molar-refractivity contribution is 7.89. The Bertz CT molecular complexity index is 445. The van der Waals surface area contributed by atoms with Crippen molar-refractivity contribution in [2.45, 2.75) is 23.1 Å². The van der Waals surface area contributed by atoms with Crippen molar-refractivity contribution in [2.24, 2.45) is 0 Å². The smallest absolute Gasteiger partial charge is 0.210 e. The molecule has 94 valence electrons. The highest BCUT2D eigenvalue weighted by Gasteiger charge is 2.14. The maximum absolute atomic E-state index is 11.8. The lowest BCUT2D eigenvalue weighted by atomic mass is 10.2. The van der Waals surface area contributed by atoms with Gasteiger partial charge in [0.1, 0.15) is 0 Å². The molecule has 0 aliphatic heterocycles. The van der Waals surface area contributed by atoms with Gasteiger partial charge in [-0.3, -0.25) is 0 Å². The third-order valence-corrected chi connectivity index (χ3v) is 4.04. The predicted molar refractivity (Wildman–Crippen MR) is 70.7 cm³/mol. The van der Waals surface area contributed by atoms with Crippen molar-refractivity contribution in [3.05, 3.63) is 43.0 Å². The number of sulfonamides is 1. The van der Waals surface area contributed by atoms with E-state index in [2.05, 4.69) is 11.3 Å². The van der Waals surface area contributed by atoms with E-state index < -0.39 is 10.0 Å². The van der Waals surface area contributed by atoms with Crippen LogP contribution in [0.5, 0.6) is 0 Å². The second-order valence-electron chi connectivity index (χ2n) is 3.63. The van der Waals surface area contributed by atoms with E-state index in [1.165, 1.54) is 0 Å². The van der Waals surface area contributed by atoms with Gasteiger partial charge in [-0.1, -0.05) is 24.3 Å². The Morgan fingerprint density at radius 3 is 2.59 bits per heavy atom. The fourth-order valence-electron chi connectivity index (χ4n) is 1.28. The van der Waals surface area contributed by atoms with Gasteiger partial charge in [-0.2, -0.15) is 0 Å². The zero-order valence-corrected chi connectivity index (χ0v) is 11.0. The first kappa shape index (κ1) is 14.2. The number of hydrogen-bond donors (Lipinski definition) is 1. The van der Waals surface area contributed by atoms with Crippen LogP contribution in [-0.4, -0.2) is 20.3 Å². The van der Waals surface area contributed by atoms with Crippen LogP contribution in [0, 0.1) is 0 Å². The van der Waals surface area contributed by atoms with Crippen LogP contribution in [-0.2, 0) is 10.0 Å². The molecule has 3 nitrogen and oxygen atoms in total. The Morgan fingerprint density at radius 2 is 2.00 bits per heavy atom. The Morgan fingerprint density at radius 1 is 1.35 bits per heavy atom. The normalized spacial score (nSPS) is 13.2. The first-order valence-electron chi connectivity index (χ1n) is 5.36. The van der Waals surface area contributed by atoms with Crippen LogP contribution in [0.25, 0.3) is 0 Å². The first-order chi connectivity index (χ1) is 8.06. The monoisotopic (exact) mass is 273 g/mol. The van der Waals surface area contributed by atoms with E-state index in [1.807, 2.05) is 0 Å². The van der Waals surface area contributed by atoms with Crippen LogP contribution in [0.3, 0.4) is 0 Å². The van der Waals surface area contributed by atoms with Crippen LogP contribution in [0.1, 0.15) is 12.8 Å². The molecule has 0 spiro atoms. The molecule has 0 saturated carbocycles. The fraction of sp³-hybridized carbons (Fsp3) is 0.333. The zero-order valence-electron chi connectivity index (χ0n) is 9.47. The molecule has 0 heterocycles. The lowest BCUT2D eigenvalue weighted by Crippen LogP contribution is -2.29. The van der Waals surface area contributed by atoms with Crippen LogP contribution in [0.2, 0.25) is 0 Å². The van der Waals surface area contributed by atoms with Gasteiger partial charge in [0.05, 0.1) is 4.90 Å². The van der Waals surface area contributed by atoms with Crippen LogP contribution in [0.4, 0.5) is 0 Å². The van der Waals surface area contributed by atoms with Gasteiger partial charge in [0.25, 0.3) is 0 Å². The second kappa shape index (κ2) is 6.79. The Labute approximate surface area is 108 Å². The summed E-state index contributed by atoms with van der Waals surface area (Å²) < 4.78 is 26.1. The standard InChI is InChI=1S/C12H16ClNO2S/c1-2-3-7-11(13)10-14-17(15,16)12-8-5-4-6-9-12/h2,4-6,8-9,11,14H,1,3,7,10H2. The van der Waals surface area contributed by atoms with Gasteiger partial charge in [0.15, 0.2) is 0 Å². The number of benzene rings is 1. The van der Waals surface area contributed by atoms with Crippen molar-refractivity contribution >= 4 is 21.6 Å². The van der Waals surface area contributed by atoms with E-state index in [4.69, 9.17) is 11.6 Å². The average molecular weight is 274 g/mol. The molecule has 17 heavy (non-hydrogen) atoms. The van der Waals surface area contributed by atoms with Crippen LogP contribution in [0.15, 0.2) is 47.9 Å². The predicted octanol–water partition coefficient (Wildman–Crippen LogP) is 2.54. The molecule has 1 aromatic rings. The van der Waals surface area contributed by atoms with Gasteiger partial charge in [0, 0.05) is 11.9 Å². The molecule has 1 atom stereocenters. The van der Waals surface area contributed by atoms with Gasteiger partial charge >= 0.3 is 0 Å². The van der Waals surface area contributed by atoms with E-state index >= 15 is 0 Å². The summed E-state index contributed by atoms with van der Waals surface area (Å²) in [4.78, 5) is 0.257. The molecule has 0 aliphatic carbocycles. The van der Waals surface area contributed by atoms with E-state index in [0.717, 1.165) is 6.42 Å². The molecular formula is C12H16ClNO2S. The Kier molecular flexibility index (Phi) is 5.68. The Balaban J connectivity index is 2.54. The molecule has 0 radical (unpaired) electrons. The summed E-state index contributed by atoms with van der Waals surface area (Å²) in [6.45, 7) is 3.82. The minimum atomic E-state index is -3.44. The third kappa shape index (κ3) is 4.89. The van der Waals surface area contributed by atoms with Crippen molar-refractivity contribution < 1.29 is 8.42 Å². The summed E-state index contributed by atoms with van der Waals surface area (Å²) in [5.74, 6) is 0. The van der Waals surface area contributed by atoms with Crippen LogP contribution < -0.4 is 4.72 Å². The van der Waals surface area contributed by atoms with Crippen molar-refractivity contribution in [3.8, 4) is 0 Å². The van der Waals surface area contributed by atoms with Crippen molar-refractivity contribution in [1.29, 1.82) is 0 Å². The van der Waals surface area contributed by atoms with Crippen LogP contribution >= 0.6 is 11.6 Å². The molecule has 0 fully saturated rings. The summed E-state index contributed by atoms with van der Waals surface area (Å²) in [6, 6.07) is 8.24. The minimum Gasteiger partial charge on any atom is -0.210 e. The summed E-state index contributed by atoms with van der Waals surface area (Å²) >= 11 is 5.98. The average Bonchev–Trinajstić information content (AvgIpc) is 2.35. The molecule has 0 bridgehead atoms. The number of allylic oxidation sites excluding steroid dienone is 1. The SMILES string of the molecule is C=CCCC(Cl)CNS(=O)(=O)c1ccccc1. The number of halogens is 1. The number of alkyl halides is 1. The van der Waals surface area contributed by atoms with Gasteiger partial charge in [-0.25, -0.2) is 13.1 Å². The largest absolute Gasteiger partial charge is 0.240 e. The van der Waals surface area contributed by atoms with E-state index in [0.29, 0.717) is 6.42 Å². The second-order valence-corrected chi connectivity index (χ2v) is 6.01. The number of hydrogen-bond acceptors (Lipinski definition) is 2. The van der Waals surface area contributed by atoms with Crippen molar-refractivity contribution in [2.75, 3.05) is 6.54 Å². The molecule has 5 heteroatoms. The summed E-state index contributed by atoms with van der Waals surface area (Å²) in [7, 11) is -3.44. The quantitative estimate of drug-likeness (QED) is 0.613. The molecule has 0 amide bonds. The van der Waals surface area contributed by atoms with Gasteiger partial charge in [-0.15, -0.1) is 18.2 Å². The molecule has 0 aromatic heterocycles. The maximum atomic E-state index is 11.8. The fourth-order valence-corrected chi connectivity index (χ4v) is 2.68. The van der Waals surface area contributed by atoms with Crippen molar-refractivity contribution in [1.82, 2.24) is 4.72 Å². The lowest BCUT2D eigenvalue weighted by Gasteiger charge is -2.10. The summed E-state index contributed by atoms with van der Waals surface area (Å²) in [5, 5.41) is -0.216. The lowest BCUT2D eigenvalue weighted by molar-refractivity contribution is 0.578. The first-order valence-corrected chi connectivity index (χ1v) is 7.28. The van der Waals surface area contributed by atoms with Gasteiger partial charge in [-0.05, 0) is 25.0 Å². The van der Waals surface area contributed by atoms with E-state index in [9.17, 15) is 8.42 Å². The van der Waals surface area contributed by atoms with Crippen molar-refractivity contribution in [3.63, 3.8) is 0 Å². The van der Waals surface area contributed by atoms with E-state index in [-0.39, 0.29) is 16.8 Å². The molecule has 1 unspecified atom stereocenters. The van der Waals surface area contributed by atoms with E-state index in [1.54, 1.807) is 36.4 Å². The molecule has 0 saturated heterocycles. The highest BCUT2D eigenvalue weighted by Crippen LogP contribution is 2.09. The third-order valence-electron chi connectivity index (χ3n) is 2.23. The zero-order chi connectivity index (χ0) is 12.7. The minimum absolute atomic E-state index is 0.216. The highest BCUT2D eigenvalue weighted by atomic mass is 35.5. The summed E-state index contributed by atoms with van der Waals surface area (Å²) in [5.41, 5.74) is 0. The molecular weight excluding hydrogens is 258 g/mol. The Hall–Kier alpha value is -0.840. The maximum Gasteiger partial charge on any atom is 0.240 e. The summed E-state index contributed by atoms with van der Waals surface area (Å²) in [6.07, 6.45) is 3.25.